The third-order valence-electron chi connectivity index (χ3n) is 4.30. The van der Waals surface area contributed by atoms with Gasteiger partial charge >= 0.3 is 0 Å². The van der Waals surface area contributed by atoms with Gasteiger partial charge in [0.05, 0.1) is 12.1 Å². The summed E-state index contributed by atoms with van der Waals surface area (Å²) in [6, 6.07) is 14.7. The first-order valence-electron chi connectivity index (χ1n) is 7.89. The molecule has 0 spiro atoms. The van der Waals surface area contributed by atoms with Gasteiger partial charge in [-0.3, -0.25) is 9.59 Å². The molecular weight excluding hydrogens is 302 g/mol. The number of nitrogens with one attached hydrogen (secondary N) is 2. The Balaban J connectivity index is 1.58. The average Bonchev–Trinajstić information content (AvgIpc) is 3.12. The van der Waals surface area contributed by atoms with Crippen molar-refractivity contribution in [2.45, 2.75) is 19.4 Å². The average molecular weight is 319 g/mol. The third kappa shape index (κ3) is 2.44. The lowest BCUT2D eigenvalue weighted by molar-refractivity contribution is -0.121. The van der Waals surface area contributed by atoms with Gasteiger partial charge in [-0.15, -0.1) is 0 Å². The SMILES string of the molecule is Cc1cccc(N2C(=O)C[C@@H](Nc3ccc4cc[nH]c4c3)C2=O)c1. The molecule has 1 aromatic heterocycles. The summed E-state index contributed by atoms with van der Waals surface area (Å²) in [5.41, 5.74) is 3.46. The summed E-state index contributed by atoms with van der Waals surface area (Å²) in [5, 5.41) is 4.29. The van der Waals surface area contributed by atoms with Gasteiger partial charge < -0.3 is 10.3 Å². The van der Waals surface area contributed by atoms with E-state index in [0.717, 1.165) is 22.2 Å². The molecule has 0 aliphatic carbocycles. The second kappa shape index (κ2) is 5.53. The smallest absolute Gasteiger partial charge is 0.256 e. The second-order valence-electron chi connectivity index (χ2n) is 6.09. The van der Waals surface area contributed by atoms with Crippen LogP contribution in [0.1, 0.15) is 12.0 Å². The van der Waals surface area contributed by atoms with Gasteiger partial charge in [0.1, 0.15) is 6.04 Å². The topological polar surface area (TPSA) is 65.2 Å². The van der Waals surface area contributed by atoms with Crippen LogP contribution in [0.3, 0.4) is 0 Å². The molecule has 120 valence electrons. The molecule has 1 aliphatic rings. The van der Waals surface area contributed by atoms with Crippen molar-refractivity contribution in [3.63, 3.8) is 0 Å². The fourth-order valence-electron chi connectivity index (χ4n) is 3.12. The lowest BCUT2D eigenvalue weighted by atomic mass is 10.2. The number of carbonyl (C=O) groups is 2. The minimum absolute atomic E-state index is 0.162. The lowest BCUT2D eigenvalue weighted by Crippen LogP contribution is -2.34. The van der Waals surface area contributed by atoms with Crippen molar-refractivity contribution in [1.29, 1.82) is 0 Å². The first-order chi connectivity index (χ1) is 11.6. The van der Waals surface area contributed by atoms with Crippen LogP contribution in [0.2, 0.25) is 0 Å². The van der Waals surface area contributed by atoms with Gasteiger partial charge in [-0.2, -0.15) is 0 Å². The van der Waals surface area contributed by atoms with E-state index >= 15 is 0 Å². The lowest BCUT2D eigenvalue weighted by Gasteiger charge is -2.16. The van der Waals surface area contributed by atoms with E-state index in [0.29, 0.717) is 5.69 Å². The summed E-state index contributed by atoms with van der Waals surface area (Å²) < 4.78 is 0. The van der Waals surface area contributed by atoms with Crippen molar-refractivity contribution in [3.8, 4) is 0 Å². The predicted molar refractivity (Wildman–Crippen MR) is 94.0 cm³/mol. The summed E-state index contributed by atoms with van der Waals surface area (Å²) >= 11 is 0. The molecule has 2 heterocycles. The maximum Gasteiger partial charge on any atom is 0.256 e. The Labute approximate surface area is 139 Å². The van der Waals surface area contributed by atoms with E-state index in [1.54, 1.807) is 6.07 Å². The van der Waals surface area contributed by atoms with Gasteiger partial charge in [-0.1, -0.05) is 18.2 Å². The van der Waals surface area contributed by atoms with Gasteiger partial charge in [0, 0.05) is 17.4 Å². The normalized spacial score (nSPS) is 17.7. The first kappa shape index (κ1) is 14.5. The molecule has 1 fully saturated rings. The number of carbonyl (C=O) groups excluding carboxylic acids is 2. The number of rotatable bonds is 3. The largest absolute Gasteiger partial charge is 0.373 e. The maximum atomic E-state index is 12.7. The number of imide groups is 1. The Morgan fingerprint density at radius 1 is 1.12 bits per heavy atom. The van der Waals surface area contributed by atoms with E-state index in [1.807, 2.05) is 55.6 Å². The first-order valence-corrected chi connectivity index (χ1v) is 7.89. The summed E-state index contributed by atoms with van der Waals surface area (Å²) in [5.74, 6) is -0.388. The Morgan fingerprint density at radius 2 is 2.00 bits per heavy atom. The van der Waals surface area contributed by atoms with Crippen molar-refractivity contribution in [2.24, 2.45) is 0 Å². The van der Waals surface area contributed by atoms with Crippen LogP contribution in [-0.2, 0) is 9.59 Å². The highest BCUT2D eigenvalue weighted by molar-refractivity contribution is 6.23. The molecule has 5 nitrogen and oxygen atoms in total. The molecule has 3 aromatic rings. The molecule has 1 aliphatic heterocycles. The van der Waals surface area contributed by atoms with Crippen molar-refractivity contribution < 1.29 is 9.59 Å². The molecule has 2 aromatic carbocycles. The van der Waals surface area contributed by atoms with Crippen molar-refractivity contribution in [2.75, 3.05) is 10.2 Å². The quantitative estimate of drug-likeness (QED) is 0.729. The molecular formula is C19H17N3O2. The molecule has 1 atom stereocenters. The van der Waals surface area contributed by atoms with Crippen LogP contribution in [0.5, 0.6) is 0 Å². The minimum Gasteiger partial charge on any atom is -0.373 e. The number of nitrogens with zero attached hydrogens (tertiary/aromatic N) is 1. The van der Waals surface area contributed by atoms with E-state index in [-0.39, 0.29) is 18.2 Å². The number of benzene rings is 2. The number of aromatic amines is 1. The highest BCUT2D eigenvalue weighted by Crippen LogP contribution is 2.26. The van der Waals surface area contributed by atoms with Crippen molar-refractivity contribution >= 4 is 34.1 Å². The summed E-state index contributed by atoms with van der Waals surface area (Å²) in [7, 11) is 0. The molecule has 2 N–H and O–H groups in total. The maximum absolute atomic E-state index is 12.7. The predicted octanol–water partition coefficient (Wildman–Crippen LogP) is 3.22. The van der Waals surface area contributed by atoms with Crippen LogP contribution in [0.4, 0.5) is 11.4 Å². The molecule has 24 heavy (non-hydrogen) atoms. The molecule has 0 saturated carbocycles. The van der Waals surface area contributed by atoms with E-state index in [1.165, 1.54) is 4.90 Å². The molecule has 5 heteroatoms. The molecule has 0 bridgehead atoms. The number of H-pyrrole nitrogens is 1. The molecule has 1 saturated heterocycles. The molecule has 0 unspecified atom stereocenters. The van der Waals surface area contributed by atoms with E-state index in [9.17, 15) is 9.59 Å². The van der Waals surface area contributed by atoms with Crippen LogP contribution < -0.4 is 10.2 Å². The second-order valence-corrected chi connectivity index (χ2v) is 6.09. The van der Waals surface area contributed by atoms with Gasteiger partial charge in [0.25, 0.3) is 5.91 Å². The molecule has 0 radical (unpaired) electrons. The Bertz CT molecular complexity index is 944. The van der Waals surface area contributed by atoms with Crippen LogP contribution in [-0.4, -0.2) is 22.8 Å². The summed E-state index contributed by atoms with van der Waals surface area (Å²) in [4.78, 5) is 29.4. The summed E-state index contributed by atoms with van der Waals surface area (Å²) in [6.45, 7) is 1.94. The third-order valence-corrected chi connectivity index (χ3v) is 4.30. The minimum atomic E-state index is -0.537. The van der Waals surface area contributed by atoms with E-state index in [4.69, 9.17) is 0 Å². The van der Waals surface area contributed by atoms with E-state index in [2.05, 4.69) is 10.3 Å². The number of aryl methyl sites for hydroxylation is 1. The zero-order valence-electron chi connectivity index (χ0n) is 13.2. The zero-order valence-corrected chi connectivity index (χ0v) is 13.2. The fraction of sp³-hybridized carbons (Fsp3) is 0.158. The number of anilines is 2. The van der Waals surface area contributed by atoms with Crippen LogP contribution in [0, 0.1) is 6.92 Å². The van der Waals surface area contributed by atoms with Gasteiger partial charge in [0.15, 0.2) is 0 Å². The highest BCUT2D eigenvalue weighted by atomic mass is 16.2. The van der Waals surface area contributed by atoms with Crippen molar-refractivity contribution in [1.82, 2.24) is 4.98 Å². The monoisotopic (exact) mass is 319 g/mol. The summed E-state index contributed by atoms with van der Waals surface area (Å²) in [6.07, 6.45) is 2.04. The van der Waals surface area contributed by atoms with Crippen molar-refractivity contribution in [3.05, 3.63) is 60.3 Å². The number of fused-ring (bicyclic) bond motifs is 1. The standard InChI is InChI=1S/C19H17N3O2/c1-12-3-2-4-15(9-12)22-18(23)11-17(19(22)24)21-14-6-5-13-7-8-20-16(13)10-14/h2-10,17,20-21H,11H2,1H3/t17-/m1/s1. The van der Waals surface area contributed by atoms with Gasteiger partial charge in [-0.05, 0) is 48.2 Å². The van der Waals surface area contributed by atoms with Crippen LogP contribution >= 0.6 is 0 Å². The molecule has 2 amide bonds. The van der Waals surface area contributed by atoms with Gasteiger partial charge in [-0.25, -0.2) is 4.90 Å². The Hall–Kier alpha value is -3.08. The Kier molecular flexibility index (Phi) is 3.34. The molecule has 4 rings (SSSR count). The zero-order chi connectivity index (χ0) is 16.7. The highest BCUT2D eigenvalue weighted by Gasteiger charge is 2.39. The number of hydrogen-bond acceptors (Lipinski definition) is 3. The number of hydrogen-bond donors (Lipinski definition) is 2. The number of amides is 2. The van der Waals surface area contributed by atoms with Gasteiger partial charge in [0.2, 0.25) is 5.91 Å². The van der Waals surface area contributed by atoms with E-state index < -0.39 is 6.04 Å². The van der Waals surface area contributed by atoms with Crippen LogP contribution in [0.15, 0.2) is 54.7 Å². The number of aromatic nitrogens is 1. The fourth-order valence-corrected chi connectivity index (χ4v) is 3.12. The Morgan fingerprint density at radius 3 is 2.83 bits per heavy atom. The van der Waals surface area contributed by atoms with Crippen LogP contribution in [0.25, 0.3) is 10.9 Å².